The fourth-order valence-electron chi connectivity index (χ4n) is 2.73. The first-order valence-corrected chi connectivity index (χ1v) is 10.6. The Kier molecular flexibility index (Phi) is 5.60. The largest absolute Gasteiger partial charge is 0.456 e. The Labute approximate surface area is 155 Å². The highest BCUT2D eigenvalue weighted by Crippen LogP contribution is 2.33. The predicted octanol–water partition coefficient (Wildman–Crippen LogP) is 4.49. The van der Waals surface area contributed by atoms with Crippen molar-refractivity contribution >= 4 is 31.3 Å². The van der Waals surface area contributed by atoms with Crippen molar-refractivity contribution < 1.29 is 22.7 Å². The van der Waals surface area contributed by atoms with Crippen molar-refractivity contribution in [3.63, 3.8) is 0 Å². The maximum Gasteiger partial charge on any atom is 0.203 e. The second-order valence-electron chi connectivity index (χ2n) is 6.08. The molecule has 0 radical (unpaired) electrons. The van der Waals surface area contributed by atoms with Crippen molar-refractivity contribution in [2.24, 2.45) is 0 Å². The van der Waals surface area contributed by atoms with Crippen LogP contribution < -0.4 is 4.74 Å². The minimum atomic E-state index is -4.04. The van der Waals surface area contributed by atoms with E-state index in [0.717, 1.165) is 10.1 Å². The second kappa shape index (κ2) is 7.73. The third-order valence-electron chi connectivity index (χ3n) is 4.20. The van der Waals surface area contributed by atoms with E-state index in [4.69, 9.17) is 4.74 Å². The number of rotatable bonds is 4. The highest BCUT2D eigenvalue weighted by atomic mass is 32.2. The maximum absolute atomic E-state index is 12.9. The minimum absolute atomic E-state index is 0.122. The molecule has 1 heterocycles. The first kappa shape index (κ1) is 18.8. The first-order chi connectivity index (χ1) is 12.4. The smallest absolute Gasteiger partial charge is 0.203 e. The van der Waals surface area contributed by atoms with Crippen LogP contribution >= 0.6 is 11.3 Å². The number of aliphatic hydroxyl groups excluding tert-OH is 1. The first-order valence-electron chi connectivity index (χ1n) is 8.10. The van der Waals surface area contributed by atoms with Crippen LogP contribution in [0.2, 0.25) is 0 Å². The molecule has 0 spiro atoms. The van der Waals surface area contributed by atoms with E-state index in [1.165, 1.54) is 12.2 Å². The number of fused-ring (bicyclic) bond motifs is 1. The fraction of sp³-hybridized carbons (Fsp3) is 0.263. The van der Waals surface area contributed by atoms with Gasteiger partial charge in [0, 0.05) is 21.4 Å². The summed E-state index contributed by atoms with van der Waals surface area (Å²) in [4.78, 5) is -0.142. The predicted molar refractivity (Wildman–Crippen MR) is 103 cm³/mol. The zero-order chi connectivity index (χ0) is 18.7. The summed E-state index contributed by atoms with van der Waals surface area (Å²) in [5, 5.41) is 13.0. The lowest BCUT2D eigenvalue weighted by atomic mass is 10.1. The van der Waals surface area contributed by atoms with Crippen LogP contribution in [0, 0.1) is 0 Å². The molecule has 0 amide bonds. The van der Waals surface area contributed by atoms with Gasteiger partial charge in [-0.3, -0.25) is 0 Å². The van der Waals surface area contributed by atoms with Gasteiger partial charge in [0.05, 0.1) is 6.10 Å². The van der Waals surface area contributed by atoms with Crippen molar-refractivity contribution in [1.82, 2.24) is 0 Å². The highest BCUT2D eigenvalue weighted by Gasteiger charge is 2.22. The molecule has 1 aromatic heterocycles. The molecule has 1 N–H and O–H groups in total. The van der Waals surface area contributed by atoms with E-state index >= 15 is 0 Å². The molecule has 1 unspecified atom stereocenters. The zero-order valence-corrected chi connectivity index (χ0v) is 15.7. The van der Waals surface area contributed by atoms with Crippen LogP contribution in [-0.2, 0) is 9.84 Å². The van der Waals surface area contributed by atoms with Gasteiger partial charge in [0.2, 0.25) is 9.84 Å². The van der Waals surface area contributed by atoms with Crippen molar-refractivity contribution in [1.29, 1.82) is 0 Å². The van der Waals surface area contributed by atoms with Crippen LogP contribution in [0.25, 0.3) is 10.1 Å². The summed E-state index contributed by atoms with van der Waals surface area (Å²) in [7, 11) is -4.04. The number of hydrogen-bond donors (Lipinski definition) is 1. The molecule has 0 aliphatic heterocycles. The maximum atomic E-state index is 12.9. The summed E-state index contributed by atoms with van der Waals surface area (Å²) >= 11 is 1.59. The number of sulfone groups is 1. The van der Waals surface area contributed by atoms with Gasteiger partial charge in [-0.15, -0.1) is 11.3 Å². The fourth-order valence-corrected chi connectivity index (χ4v) is 4.40. The molecule has 138 valence electrons. The van der Waals surface area contributed by atoms with Crippen LogP contribution in [0.1, 0.15) is 19.3 Å². The summed E-state index contributed by atoms with van der Waals surface area (Å²) in [5.41, 5.74) is 0.645. The number of benzene rings is 1. The summed E-state index contributed by atoms with van der Waals surface area (Å²) in [5.74, 6) is 1.05. The third kappa shape index (κ3) is 4.06. The van der Waals surface area contributed by atoms with Crippen LogP contribution in [-0.4, -0.2) is 25.6 Å². The molecule has 0 bridgehead atoms. The monoisotopic (exact) mass is 394 g/mol. The standard InChI is InChI=1S/C19H19FO4S2/c1-13-5-6-14(21)11-15(26(22,23)12-20)7-8-17(13)24-18-3-2-4-19-16(18)9-10-25-19/h2-4,7-10,14,21H,1,5-6,11-12H2/b15-7+,17-8+. The number of hydrogen-bond acceptors (Lipinski definition) is 5. The average molecular weight is 394 g/mol. The van der Waals surface area contributed by atoms with Gasteiger partial charge in [-0.1, -0.05) is 12.6 Å². The lowest BCUT2D eigenvalue weighted by molar-refractivity contribution is 0.166. The topological polar surface area (TPSA) is 63.6 Å². The summed E-state index contributed by atoms with van der Waals surface area (Å²) in [6.07, 6.45) is 2.56. The molecule has 1 aliphatic carbocycles. The van der Waals surface area contributed by atoms with Gasteiger partial charge in [-0.05, 0) is 54.1 Å². The molecule has 0 fully saturated rings. The molecule has 4 nitrogen and oxygen atoms in total. The number of alkyl halides is 1. The number of thiophene rings is 1. The van der Waals surface area contributed by atoms with Crippen molar-refractivity contribution in [3.05, 3.63) is 64.6 Å². The highest BCUT2D eigenvalue weighted by molar-refractivity contribution is 7.95. The van der Waals surface area contributed by atoms with Gasteiger partial charge in [-0.2, -0.15) is 0 Å². The van der Waals surface area contributed by atoms with E-state index in [0.29, 0.717) is 29.9 Å². The molecule has 1 aromatic carbocycles. The quantitative estimate of drug-likeness (QED) is 0.830. The van der Waals surface area contributed by atoms with E-state index in [9.17, 15) is 17.9 Å². The van der Waals surface area contributed by atoms with E-state index in [1.807, 2.05) is 29.6 Å². The Balaban J connectivity index is 2.00. The number of allylic oxidation sites excluding steroid dienone is 3. The van der Waals surface area contributed by atoms with Crippen LogP contribution in [0.3, 0.4) is 0 Å². The zero-order valence-electron chi connectivity index (χ0n) is 14.0. The number of ether oxygens (including phenoxy) is 1. The molecule has 0 saturated heterocycles. The molecule has 2 aromatic rings. The third-order valence-corrected chi connectivity index (χ3v) is 6.48. The van der Waals surface area contributed by atoms with Gasteiger partial charge < -0.3 is 9.84 Å². The Morgan fingerprint density at radius 1 is 1.31 bits per heavy atom. The van der Waals surface area contributed by atoms with Gasteiger partial charge in [0.1, 0.15) is 11.5 Å². The molecule has 7 heteroatoms. The Morgan fingerprint density at radius 2 is 2.12 bits per heavy atom. The van der Waals surface area contributed by atoms with Crippen molar-refractivity contribution in [2.75, 3.05) is 6.01 Å². The van der Waals surface area contributed by atoms with Gasteiger partial charge in [-0.25, -0.2) is 12.8 Å². The lowest BCUT2D eigenvalue weighted by Crippen LogP contribution is -2.14. The van der Waals surface area contributed by atoms with Crippen LogP contribution in [0.5, 0.6) is 5.75 Å². The lowest BCUT2D eigenvalue weighted by Gasteiger charge is -2.14. The van der Waals surface area contributed by atoms with Gasteiger partial charge in [0.25, 0.3) is 0 Å². The molecule has 1 aliphatic rings. The Hall–Kier alpha value is -1.96. The molecule has 26 heavy (non-hydrogen) atoms. The SMILES string of the molecule is C=C1CCC(O)C/C(S(=O)(=O)CF)=C\C=C/1Oc1cccc2sccc12. The Morgan fingerprint density at radius 3 is 2.88 bits per heavy atom. The summed E-state index contributed by atoms with van der Waals surface area (Å²) < 4.78 is 43.8. The van der Waals surface area contributed by atoms with E-state index in [-0.39, 0.29) is 11.3 Å². The van der Waals surface area contributed by atoms with Crippen molar-refractivity contribution in [3.8, 4) is 5.75 Å². The van der Waals surface area contributed by atoms with E-state index in [2.05, 4.69) is 6.58 Å². The number of aliphatic hydroxyl groups is 1. The molecule has 0 saturated carbocycles. The molecule has 3 rings (SSSR count). The van der Waals surface area contributed by atoms with Gasteiger partial charge in [0.15, 0.2) is 6.01 Å². The van der Waals surface area contributed by atoms with E-state index in [1.54, 1.807) is 11.3 Å². The molecule has 1 atom stereocenters. The van der Waals surface area contributed by atoms with Crippen LogP contribution in [0.4, 0.5) is 4.39 Å². The second-order valence-corrected chi connectivity index (χ2v) is 9.00. The minimum Gasteiger partial charge on any atom is -0.456 e. The van der Waals surface area contributed by atoms with Crippen molar-refractivity contribution in [2.45, 2.75) is 25.4 Å². The summed E-state index contributed by atoms with van der Waals surface area (Å²) in [6, 6.07) is 6.15. The van der Waals surface area contributed by atoms with Gasteiger partial charge >= 0.3 is 0 Å². The average Bonchev–Trinajstić information content (AvgIpc) is 3.12. The van der Waals surface area contributed by atoms with Crippen LogP contribution in [0.15, 0.2) is 64.6 Å². The molecular weight excluding hydrogens is 375 g/mol. The van der Waals surface area contributed by atoms with E-state index < -0.39 is 21.9 Å². The normalized spacial score (nSPS) is 23.3. The Bertz CT molecular complexity index is 986. The number of halogens is 1. The molecular formula is C19H19FO4S2. The summed E-state index contributed by atoms with van der Waals surface area (Å²) in [6.45, 7) is 3.99.